The highest BCUT2D eigenvalue weighted by Crippen LogP contribution is 2.35. The molecule has 0 fully saturated rings. The van der Waals surface area contributed by atoms with Gasteiger partial charge in [-0.05, 0) is 24.3 Å². The molecule has 3 N–H and O–H groups in total. The topological polar surface area (TPSA) is 72.2 Å². The van der Waals surface area contributed by atoms with E-state index >= 15 is 0 Å². The Kier molecular flexibility index (Phi) is 4.99. The van der Waals surface area contributed by atoms with Gasteiger partial charge in [-0.2, -0.15) is 0 Å². The Labute approximate surface area is 139 Å². The van der Waals surface area contributed by atoms with Crippen molar-refractivity contribution in [1.29, 1.82) is 0 Å². The molecule has 9 heteroatoms. The van der Waals surface area contributed by atoms with E-state index in [0.29, 0.717) is 11.0 Å². The fraction of sp³-hybridized carbons (Fsp3) is 0.0909. The van der Waals surface area contributed by atoms with Crippen LogP contribution in [0.5, 0.6) is 0 Å². The predicted octanol–water partition coefficient (Wildman–Crippen LogP) is 4.08. The molecule has 0 aliphatic carbocycles. The first-order chi connectivity index (χ1) is 9.33. The van der Waals surface area contributed by atoms with Gasteiger partial charge in [0.15, 0.2) is 0 Å². The van der Waals surface area contributed by atoms with E-state index in [9.17, 15) is 8.42 Å². The zero-order chi connectivity index (χ0) is 14.9. The minimum Gasteiger partial charge on any atom is -0.326 e. The highest BCUT2D eigenvalue weighted by atomic mass is 79.9. The summed E-state index contributed by atoms with van der Waals surface area (Å²) in [7, 11) is -3.73. The number of hydrogen-bond donors (Lipinski definition) is 2. The smallest absolute Gasteiger partial charge is 0.271 e. The van der Waals surface area contributed by atoms with E-state index in [1.165, 1.54) is 6.07 Å². The van der Waals surface area contributed by atoms with Gasteiger partial charge in [-0.15, -0.1) is 11.3 Å². The summed E-state index contributed by atoms with van der Waals surface area (Å²) in [4.78, 5) is 0.776. The van der Waals surface area contributed by atoms with Crippen LogP contribution in [0.15, 0.2) is 32.9 Å². The predicted molar refractivity (Wildman–Crippen MR) is 87.2 cm³/mol. The quantitative estimate of drug-likeness (QED) is 0.790. The van der Waals surface area contributed by atoms with Crippen LogP contribution in [0.25, 0.3) is 0 Å². The second-order valence-corrected chi connectivity index (χ2v) is 8.58. The Hall–Kier alpha value is -0.310. The molecule has 2 aromatic rings. The average molecular weight is 416 g/mol. The van der Waals surface area contributed by atoms with Crippen LogP contribution < -0.4 is 10.5 Å². The van der Waals surface area contributed by atoms with Crippen LogP contribution in [-0.2, 0) is 16.6 Å². The van der Waals surface area contributed by atoms with Crippen LogP contribution in [0, 0.1) is 0 Å². The number of rotatable bonds is 4. The standard InChI is InChI=1S/C11H9BrCl2N2O2S2/c12-6-3-8(13)11(9(14)4-6)16-20(17,18)10-2-1-7(5-15)19-10/h1-4,16H,5,15H2. The van der Waals surface area contributed by atoms with Gasteiger partial charge in [-0.3, -0.25) is 4.72 Å². The van der Waals surface area contributed by atoms with Gasteiger partial charge in [0.2, 0.25) is 0 Å². The second kappa shape index (κ2) is 6.21. The number of nitrogens with two attached hydrogens (primary N) is 1. The summed E-state index contributed by atoms with van der Waals surface area (Å²) in [6.07, 6.45) is 0. The Morgan fingerprint density at radius 3 is 2.35 bits per heavy atom. The van der Waals surface area contributed by atoms with Crippen LogP contribution in [-0.4, -0.2) is 8.42 Å². The van der Waals surface area contributed by atoms with Crippen LogP contribution in [0.1, 0.15) is 4.88 Å². The van der Waals surface area contributed by atoms with Gasteiger partial charge in [0.25, 0.3) is 10.0 Å². The maximum atomic E-state index is 12.2. The van der Waals surface area contributed by atoms with Crippen LogP contribution in [0.4, 0.5) is 5.69 Å². The molecular formula is C11H9BrCl2N2O2S2. The molecule has 0 radical (unpaired) electrons. The van der Waals surface area contributed by atoms with Crippen molar-refractivity contribution in [2.75, 3.05) is 4.72 Å². The molecule has 1 aromatic heterocycles. The third-order valence-electron chi connectivity index (χ3n) is 2.35. The van der Waals surface area contributed by atoms with Gasteiger partial charge < -0.3 is 5.73 Å². The SMILES string of the molecule is NCc1ccc(S(=O)(=O)Nc2c(Cl)cc(Br)cc2Cl)s1. The summed E-state index contributed by atoms with van der Waals surface area (Å²) in [5.41, 5.74) is 5.62. The first kappa shape index (κ1) is 16.1. The van der Waals surface area contributed by atoms with Gasteiger partial charge in [0, 0.05) is 15.9 Å². The van der Waals surface area contributed by atoms with E-state index in [0.717, 1.165) is 16.2 Å². The van der Waals surface area contributed by atoms with Crippen LogP contribution >= 0.6 is 50.5 Å². The number of benzene rings is 1. The van der Waals surface area contributed by atoms with E-state index in [-0.39, 0.29) is 19.9 Å². The summed E-state index contributed by atoms with van der Waals surface area (Å²) in [6.45, 7) is 0.292. The Morgan fingerprint density at radius 2 is 1.85 bits per heavy atom. The third-order valence-corrected chi connectivity index (χ3v) is 6.35. The summed E-state index contributed by atoms with van der Waals surface area (Å²) in [5.74, 6) is 0. The number of anilines is 1. The van der Waals surface area contributed by atoms with Crippen molar-refractivity contribution in [3.05, 3.63) is 43.7 Å². The molecule has 0 saturated carbocycles. The van der Waals surface area contributed by atoms with E-state index in [2.05, 4.69) is 20.7 Å². The van der Waals surface area contributed by atoms with Crippen molar-refractivity contribution in [3.8, 4) is 0 Å². The van der Waals surface area contributed by atoms with Gasteiger partial charge in [-0.25, -0.2) is 8.42 Å². The minimum atomic E-state index is -3.73. The van der Waals surface area contributed by atoms with Crippen molar-refractivity contribution in [1.82, 2.24) is 0 Å². The summed E-state index contributed by atoms with van der Waals surface area (Å²) in [5, 5.41) is 0.423. The van der Waals surface area contributed by atoms with E-state index in [4.69, 9.17) is 28.9 Å². The summed E-state index contributed by atoms with van der Waals surface area (Å²) in [6, 6.07) is 6.29. The fourth-order valence-corrected chi connectivity index (χ4v) is 5.19. The zero-order valence-corrected chi connectivity index (χ0v) is 14.6. The molecule has 0 atom stereocenters. The van der Waals surface area contributed by atoms with Gasteiger partial charge in [-0.1, -0.05) is 39.1 Å². The highest BCUT2D eigenvalue weighted by Gasteiger charge is 2.20. The lowest BCUT2D eigenvalue weighted by molar-refractivity contribution is 0.603. The Morgan fingerprint density at radius 1 is 1.25 bits per heavy atom. The maximum absolute atomic E-state index is 12.2. The van der Waals surface area contributed by atoms with Crippen molar-refractivity contribution in [2.45, 2.75) is 10.8 Å². The third kappa shape index (κ3) is 3.47. The second-order valence-electron chi connectivity index (χ2n) is 3.77. The Balaban J connectivity index is 2.38. The van der Waals surface area contributed by atoms with Crippen molar-refractivity contribution >= 4 is 66.2 Å². The van der Waals surface area contributed by atoms with Crippen molar-refractivity contribution in [3.63, 3.8) is 0 Å². The zero-order valence-electron chi connectivity index (χ0n) is 9.86. The number of thiophene rings is 1. The largest absolute Gasteiger partial charge is 0.326 e. The molecule has 0 aliphatic heterocycles. The molecule has 1 heterocycles. The number of halogens is 3. The molecule has 1 aromatic carbocycles. The van der Waals surface area contributed by atoms with Gasteiger partial charge in [0.1, 0.15) is 4.21 Å². The highest BCUT2D eigenvalue weighted by molar-refractivity contribution is 9.10. The van der Waals surface area contributed by atoms with Gasteiger partial charge >= 0.3 is 0 Å². The van der Waals surface area contributed by atoms with Crippen LogP contribution in [0.2, 0.25) is 10.0 Å². The lowest BCUT2D eigenvalue weighted by atomic mass is 10.3. The summed E-state index contributed by atoms with van der Waals surface area (Å²) >= 11 is 16.3. The fourth-order valence-electron chi connectivity index (χ4n) is 1.44. The molecule has 0 aliphatic rings. The van der Waals surface area contributed by atoms with Crippen molar-refractivity contribution < 1.29 is 8.42 Å². The molecular weight excluding hydrogens is 407 g/mol. The van der Waals surface area contributed by atoms with Crippen molar-refractivity contribution in [2.24, 2.45) is 5.73 Å². The minimum absolute atomic E-state index is 0.152. The number of sulfonamides is 1. The number of hydrogen-bond acceptors (Lipinski definition) is 4. The molecule has 20 heavy (non-hydrogen) atoms. The maximum Gasteiger partial charge on any atom is 0.271 e. The molecule has 108 valence electrons. The monoisotopic (exact) mass is 414 g/mol. The molecule has 4 nitrogen and oxygen atoms in total. The first-order valence-electron chi connectivity index (χ1n) is 5.29. The van der Waals surface area contributed by atoms with E-state index < -0.39 is 10.0 Å². The van der Waals surface area contributed by atoms with Crippen LogP contribution in [0.3, 0.4) is 0 Å². The molecule has 0 unspecified atom stereocenters. The molecule has 0 bridgehead atoms. The molecule has 0 amide bonds. The lowest BCUT2D eigenvalue weighted by Crippen LogP contribution is -2.12. The van der Waals surface area contributed by atoms with Gasteiger partial charge in [0.05, 0.1) is 15.7 Å². The average Bonchev–Trinajstić information content (AvgIpc) is 2.83. The molecule has 0 spiro atoms. The summed E-state index contributed by atoms with van der Waals surface area (Å²) < 4.78 is 27.7. The first-order valence-corrected chi connectivity index (χ1v) is 9.14. The van der Waals surface area contributed by atoms with E-state index in [1.54, 1.807) is 18.2 Å². The molecule has 2 rings (SSSR count). The van der Waals surface area contributed by atoms with E-state index in [1.807, 2.05) is 0 Å². The molecule has 0 saturated heterocycles. The Bertz CT molecular complexity index is 724. The number of nitrogens with one attached hydrogen (secondary N) is 1. The lowest BCUT2D eigenvalue weighted by Gasteiger charge is -2.10. The normalized spacial score (nSPS) is 11.6.